The highest BCUT2D eigenvalue weighted by Gasteiger charge is 2.17. The van der Waals surface area contributed by atoms with Crippen molar-refractivity contribution < 1.29 is 8.42 Å². The van der Waals surface area contributed by atoms with Crippen LogP contribution in [0.5, 0.6) is 0 Å². The molecule has 1 heterocycles. The van der Waals surface area contributed by atoms with Crippen LogP contribution < -0.4 is 9.60 Å². The number of fused-ring (bicyclic) bond motifs is 1. The highest BCUT2D eigenvalue weighted by molar-refractivity contribution is 7.92. The molecule has 0 fully saturated rings. The summed E-state index contributed by atoms with van der Waals surface area (Å²) < 4.78 is 30.4. The molecule has 150 valence electrons. The van der Waals surface area contributed by atoms with E-state index in [1.54, 1.807) is 34.9 Å². The number of benzene rings is 3. The molecule has 30 heavy (non-hydrogen) atoms. The average molecular weight is 436 g/mol. The van der Waals surface area contributed by atoms with Crippen molar-refractivity contribution in [2.24, 2.45) is 0 Å². The summed E-state index contributed by atoms with van der Waals surface area (Å²) in [6, 6.07) is 23.0. The van der Waals surface area contributed by atoms with Crippen molar-refractivity contribution in [1.82, 2.24) is 4.57 Å². The predicted molar refractivity (Wildman–Crippen MR) is 118 cm³/mol. The number of nitrogens with zero attached hydrogens (tertiary/aromatic N) is 2. The fourth-order valence-electron chi connectivity index (χ4n) is 3.13. The molecule has 8 heteroatoms. The molecule has 1 N–H and O–H groups in total. The number of sulfonamides is 1. The molecular formula is C22H17N3O3S2. The van der Waals surface area contributed by atoms with E-state index in [1.807, 2.05) is 30.3 Å². The van der Waals surface area contributed by atoms with Crippen LogP contribution in [-0.4, -0.2) is 13.0 Å². The van der Waals surface area contributed by atoms with Gasteiger partial charge in [-0.3, -0.25) is 14.1 Å². The van der Waals surface area contributed by atoms with Gasteiger partial charge in [-0.05, 0) is 41.5 Å². The molecule has 0 radical (unpaired) electrons. The second-order valence-corrected chi connectivity index (χ2v) is 9.38. The zero-order valence-electron chi connectivity index (χ0n) is 15.8. The Labute approximate surface area is 177 Å². The van der Waals surface area contributed by atoms with E-state index in [2.05, 4.69) is 10.8 Å². The number of aromatic nitrogens is 1. The lowest BCUT2D eigenvalue weighted by Gasteiger charge is -2.09. The summed E-state index contributed by atoms with van der Waals surface area (Å²) in [7, 11) is -3.81. The summed E-state index contributed by atoms with van der Waals surface area (Å²) in [5, 5.41) is 8.73. The van der Waals surface area contributed by atoms with E-state index in [0.717, 1.165) is 22.5 Å². The highest BCUT2D eigenvalue weighted by Crippen LogP contribution is 2.24. The standard InChI is InChI=1S/C22H17N3O3S2/c23-13-12-16-6-8-18(9-7-16)24-30(27,28)19-10-11-20-21(14-19)29-22(26)25(20)15-17-4-2-1-3-5-17/h1-11,14,24H,12,15H2. The molecule has 0 amide bonds. The summed E-state index contributed by atoms with van der Waals surface area (Å²) in [4.78, 5) is 12.4. The smallest absolute Gasteiger partial charge is 0.294 e. The Morgan fingerprint density at radius 3 is 2.40 bits per heavy atom. The molecule has 3 aromatic carbocycles. The van der Waals surface area contributed by atoms with Gasteiger partial charge in [0.1, 0.15) is 0 Å². The third-order valence-electron chi connectivity index (χ3n) is 4.62. The zero-order chi connectivity index (χ0) is 21.1. The molecule has 0 aliphatic carbocycles. The predicted octanol–water partition coefficient (Wildman–Crippen LogP) is 3.98. The van der Waals surface area contributed by atoms with Gasteiger partial charge in [0.05, 0.1) is 34.1 Å². The lowest BCUT2D eigenvalue weighted by molar-refractivity contribution is 0.601. The minimum atomic E-state index is -3.81. The molecule has 0 aliphatic heterocycles. The van der Waals surface area contributed by atoms with Crippen molar-refractivity contribution in [3.63, 3.8) is 0 Å². The molecule has 0 bridgehead atoms. The lowest BCUT2D eigenvalue weighted by Crippen LogP contribution is -2.14. The fourth-order valence-corrected chi connectivity index (χ4v) is 5.21. The first-order valence-electron chi connectivity index (χ1n) is 9.12. The Balaban J connectivity index is 1.63. The third-order valence-corrected chi connectivity index (χ3v) is 6.94. The Hall–Kier alpha value is -3.41. The highest BCUT2D eigenvalue weighted by atomic mass is 32.2. The number of rotatable bonds is 6. The quantitative estimate of drug-likeness (QED) is 0.496. The number of anilines is 1. The second kappa shape index (κ2) is 8.14. The first-order chi connectivity index (χ1) is 14.5. The summed E-state index contributed by atoms with van der Waals surface area (Å²) in [5.74, 6) is 0. The van der Waals surface area contributed by atoms with E-state index >= 15 is 0 Å². The van der Waals surface area contributed by atoms with Gasteiger partial charge in [-0.1, -0.05) is 53.8 Å². The largest absolute Gasteiger partial charge is 0.308 e. The van der Waals surface area contributed by atoms with Crippen LogP contribution >= 0.6 is 11.3 Å². The summed E-state index contributed by atoms with van der Waals surface area (Å²) >= 11 is 1.03. The molecule has 4 rings (SSSR count). The van der Waals surface area contributed by atoms with Crippen molar-refractivity contribution in [3.8, 4) is 6.07 Å². The van der Waals surface area contributed by atoms with Gasteiger partial charge >= 0.3 is 4.87 Å². The number of hydrogen-bond donors (Lipinski definition) is 1. The molecular weight excluding hydrogens is 418 g/mol. The Morgan fingerprint density at radius 2 is 1.70 bits per heavy atom. The van der Waals surface area contributed by atoms with E-state index in [-0.39, 0.29) is 16.2 Å². The minimum Gasteiger partial charge on any atom is -0.294 e. The SMILES string of the molecule is N#CCc1ccc(NS(=O)(=O)c2ccc3c(c2)sc(=O)n3Cc2ccccc2)cc1. The van der Waals surface area contributed by atoms with Gasteiger partial charge in [0.2, 0.25) is 0 Å². The van der Waals surface area contributed by atoms with Gasteiger partial charge in [-0.15, -0.1) is 0 Å². The van der Waals surface area contributed by atoms with Crippen LogP contribution in [0.4, 0.5) is 5.69 Å². The van der Waals surface area contributed by atoms with Crippen molar-refractivity contribution in [2.45, 2.75) is 17.9 Å². The van der Waals surface area contributed by atoms with Crippen molar-refractivity contribution in [1.29, 1.82) is 5.26 Å². The number of thiazole rings is 1. The van der Waals surface area contributed by atoms with Gasteiger partial charge < -0.3 is 0 Å². The Morgan fingerprint density at radius 1 is 0.967 bits per heavy atom. The van der Waals surface area contributed by atoms with Crippen LogP contribution in [0.2, 0.25) is 0 Å². The normalized spacial score (nSPS) is 11.3. The van der Waals surface area contributed by atoms with E-state index in [0.29, 0.717) is 22.4 Å². The average Bonchev–Trinajstić information content (AvgIpc) is 3.05. The van der Waals surface area contributed by atoms with Crippen molar-refractivity contribution >= 4 is 37.3 Å². The van der Waals surface area contributed by atoms with E-state index < -0.39 is 10.0 Å². The molecule has 6 nitrogen and oxygen atoms in total. The molecule has 4 aromatic rings. The summed E-state index contributed by atoms with van der Waals surface area (Å²) in [6.07, 6.45) is 0.266. The van der Waals surface area contributed by atoms with Crippen molar-refractivity contribution in [3.05, 3.63) is 93.6 Å². The van der Waals surface area contributed by atoms with Crippen LogP contribution in [0.3, 0.4) is 0 Å². The Bertz CT molecular complexity index is 1400. The number of hydrogen-bond acceptors (Lipinski definition) is 5. The van der Waals surface area contributed by atoms with Crippen LogP contribution in [0.1, 0.15) is 11.1 Å². The zero-order valence-corrected chi connectivity index (χ0v) is 17.4. The van der Waals surface area contributed by atoms with E-state index in [9.17, 15) is 13.2 Å². The molecule has 0 spiro atoms. The van der Waals surface area contributed by atoms with Gasteiger partial charge in [0.25, 0.3) is 10.0 Å². The monoisotopic (exact) mass is 435 g/mol. The topological polar surface area (TPSA) is 92.0 Å². The van der Waals surface area contributed by atoms with Gasteiger partial charge in [-0.25, -0.2) is 8.42 Å². The molecule has 0 saturated heterocycles. The Kier molecular flexibility index (Phi) is 5.40. The minimum absolute atomic E-state index is 0.0872. The van der Waals surface area contributed by atoms with Gasteiger partial charge in [-0.2, -0.15) is 5.26 Å². The fraction of sp³-hybridized carbons (Fsp3) is 0.0909. The van der Waals surface area contributed by atoms with Crippen LogP contribution in [0, 0.1) is 11.3 Å². The van der Waals surface area contributed by atoms with E-state index in [1.165, 1.54) is 12.1 Å². The van der Waals surface area contributed by atoms with Crippen LogP contribution in [-0.2, 0) is 23.0 Å². The van der Waals surface area contributed by atoms with E-state index in [4.69, 9.17) is 5.26 Å². The molecule has 0 atom stereocenters. The maximum Gasteiger partial charge on any atom is 0.308 e. The number of nitriles is 1. The summed E-state index contributed by atoms with van der Waals surface area (Å²) in [5.41, 5.74) is 2.92. The van der Waals surface area contributed by atoms with Gasteiger partial charge in [0, 0.05) is 5.69 Å². The number of nitrogens with one attached hydrogen (secondary N) is 1. The van der Waals surface area contributed by atoms with Gasteiger partial charge in [0.15, 0.2) is 0 Å². The van der Waals surface area contributed by atoms with Crippen molar-refractivity contribution in [2.75, 3.05) is 4.72 Å². The van der Waals surface area contributed by atoms with Crippen LogP contribution in [0.15, 0.2) is 82.5 Å². The molecule has 1 aromatic heterocycles. The van der Waals surface area contributed by atoms with Crippen LogP contribution in [0.25, 0.3) is 10.2 Å². The maximum absolute atomic E-state index is 12.8. The first kappa shape index (κ1) is 19.9. The second-order valence-electron chi connectivity index (χ2n) is 6.71. The molecule has 0 unspecified atom stereocenters. The summed E-state index contributed by atoms with van der Waals surface area (Å²) in [6.45, 7) is 0.430. The molecule has 0 aliphatic rings. The first-order valence-corrected chi connectivity index (χ1v) is 11.4. The third kappa shape index (κ3) is 4.13. The maximum atomic E-state index is 12.8. The lowest BCUT2D eigenvalue weighted by atomic mass is 10.1. The molecule has 0 saturated carbocycles.